The van der Waals surface area contributed by atoms with Gasteiger partial charge in [0, 0.05) is 0 Å². The molecule has 1 aromatic carbocycles. The summed E-state index contributed by atoms with van der Waals surface area (Å²) in [6.07, 6.45) is 4.47. The van der Waals surface area contributed by atoms with E-state index in [-0.39, 0.29) is 25.0 Å². The maximum atomic E-state index is 13.3. The van der Waals surface area contributed by atoms with Gasteiger partial charge < -0.3 is 9.47 Å². The zero-order chi connectivity index (χ0) is 17.6. The number of ether oxygens (including phenoxy) is 2. The number of alkyl halides is 1. The maximum Gasteiger partial charge on any atom is 0.316 e. The molecule has 2 aromatic heterocycles. The Morgan fingerprint density at radius 1 is 1.16 bits per heavy atom. The van der Waals surface area contributed by atoms with E-state index >= 15 is 0 Å². The molecule has 0 aliphatic rings. The molecule has 7 nitrogen and oxygen atoms in total. The van der Waals surface area contributed by atoms with E-state index in [2.05, 4.69) is 20.3 Å². The van der Waals surface area contributed by atoms with Gasteiger partial charge in [-0.1, -0.05) is 5.21 Å². The van der Waals surface area contributed by atoms with Crippen molar-refractivity contribution in [3.63, 3.8) is 0 Å². The third-order valence-electron chi connectivity index (χ3n) is 3.25. The molecule has 0 spiro atoms. The Hall–Kier alpha value is -3.10. The molecular weight excluding hydrogens is 332 g/mol. The van der Waals surface area contributed by atoms with Crippen molar-refractivity contribution in [1.29, 1.82) is 0 Å². The summed E-state index contributed by atoms with van der Waals surface area (Å²) in [5.41, 5.74) is 1.78. The van der Waals surface area contributed by atoms with E-state index in [1.54, 1.807) is 25.3 Å². The molecule has 3 rings (SSSR count). The molecule has 9 heteroatoms. The lowest BCUT2D eigenvalue weighted by molar-refractivity contribution is 0.260. The molecule has 0 saturated carbocycles. The summed E-state index contributed by atoms with van der Waals surface area (Å²) in [5.74, 6) is 0.0890. The number of hydrogen-bond acceptors (Lipinski definition) is 6. The average molecular weight is 347 g/mol. The van der Waals surface area contributed by atoms with E-state index in [1.165, 1.54) is 23.1 Å². The van der Waals surface area contributed by atoms with Gasteiger partial charge in [0.25, 0.3) is 0 Å². The molecule has 0 fully saturated rings. The van der Waals surface area contributed by atoms with Crippen LogP contribution in [0.25, 0.3) is 5.69 Å². The summed E-state index contributed by atoms with van der Waals surface area (Å²) in [4.78, 5) is 7.91. The highest BCUT2D eigenvalue weighted by molar-refractivity contribution is 5.35. The van der Waals surface area contributed by atoms with Gasteiger partial charge in [-0.3, -0.25) is 0 Å². The summed E-state index contributed by atoms with van der Waals surface area (Å²) in [5, 5.41) is 7.98. The first-order chi connectivity index (χ1) is 12.2. The Labute approximate surface area is 142 Å². The number of nitrogens with zero attached hydrogens (tertiary/aromatic N) is 5. The van der Waals surface area contributed by atoms with E-state index in [4.69, 9.17) is 9.47 Å². The second-order valence-corrected chi connectivity index (χ2v) is 5.12. The van der Waals surface area contributed by atoms with Crippen molar-refractivity contribution >= 4 is 0 Å². The fraction of sp³-hybridized carbons (Fsp3) is 0.250. The number of benzene rings is 1. The minimum Gasteiger partial charge on any atom is -0.488 e. The highest BCUT2D eigenvalue weighted by Gasteiger charge is 2.07. The minimum absolute atomic E-state index is 0.0461. The van der Waals surface area contributed by atoms with E-state index in [0.717, 1.165) is 0 Å². The number of aryl methyl sites for hydroxylation is 1. The largest absolute Gasteiger partial charge is 0.488 e. The van der Waals surface area contributed by atoms with Crippen LogP contribution in [0.3, 0.4) is 0 Å². The Morgan fingerprint density at radius 3 is 2.68 bits per heavy atom. The first-order valence-electron chi connectivity index (χ1n) is 7.47. The van der Waals surface area contributed by atoms with Crippen molar-refractivity contribution in [3.05, 3.63) is 53.9 Å². The summed E-state index contributed by atoms with van der Waals surface area (Å²) in [6.45, 7) is 1.17. The molecule has 2 heterocycles. The normalized spacial score (nSPS) is 10.7. The first kappa shape index (κ1) is 16.7. The molecule has 0 aliphatic heterocycles. The Morgan fingerprint density at radius 2 is 1.96 bits per heavy atom. The standard InChI is InChI=1S/C16H15F2N5O2/c1-11-6-13(2-3-15(11)18)23-9-12(21-22-23)10-25-16-19-7-14(8-20-16)24-5-4-17/h2-3,6-9H,4-5,10H2,1H3. The number of rotatable bonds is 7. The van der Waals surface area contributed by atoms with Crippen LogP contribution in [0.2, 0.25) is 0 Å². The second kappa shape index (κ2) is 7.65. The highest BCUT2D eigenvalue weighted by Crippen LogP contribution is 2.14. The van der Waals surface area contributed by atoms with Crippen LogP contribution < -0.4 is 9.47 Å². The van der Waals surface area contributed by atoms with Gasteiger partial charge in [-0.05, 0) is 30.7 Å². The molecule has 0 saturated heterocycles. The van der Waals surface area contributed by atoms with Gasteiger partial charge in [-0.2, -0.15) is 9.97 Å². The summed E-state index contributed by atoms with van der Waals surface area (Å²) < 4.78 is 37.3. The molecule has 3 aromatic rings. The molecule has 0 atom stereocenters. The third kappa shape index (κ3) is 4.25. The van der Waals surface area contributed by atoms with E-state index in [1.807, 2.05) is 0 Å². The molecule has 0 bridgehead atoms. The summed E-state index contributed by atoms with van der Waals surface area (Å²) in [7, 11) is 0. The van der Waals surface area contributed by atoms with Gasteiger partial charge in [0.1, 0.15) is 31.4 Å². The van der Waals surface area contributed by atoms with Crippen LogP contribution in [-0.4, -0.2) is 38.2 Å². The maximum absolute atomic E-state index is 13.3. The van der Waals surface area contributed by atoms with Crippen molar-refractivity contribution in [3.8, 4) is 17.4 Å². The fourth-order valence-corrected chi connectivity index (χ4v) is 2.01. The lowest BCUT2D eigenvalue weighted by Gasteiger charge is -2.04. The topological polar surface area (TPSA) is 75.0 Å². The van der Waals surface area contributed by atoms with Crippen LogP contribution in [0.1, 0.15) is 11.3 Å². The van der Waals surface area contributed by atoms with E-state index in [9.17, 15) is 8.78 Å². The zero-order valence-corrected chi connectivity index (χ0v) is 13.4. The lowest BCUT2D eigenvalue weighted by Crippen LogP contribution is -2.02. The quantitative estimate of drug-likeness (QED) is 0.653. The molecule has 0 N–H and O–H groups in total. The van der Waals surface area contributed by atoms with Crippen molar-refractivity contribution in [1.82, 2.24) is 25.0 Å². The van der Waals surface area contributed by atoms with Crippen molar-refractivity contribution in [2.24, 2.45) is 0 Å². The summed E-state index contributed by atoms with van der Waals surface area (Å²) >= 11 is 0. The van der Waals surface area contributed by atoms with Gasteiger partial charge in [-0.15, -0.1) is 5.10 Å². The molecule has 25 heavy (non-hydrogen) atoms. The van der Waals surface area contributed by atoms with Gasteiger partial charge in [0.05, 0.1) is 24.3 Å². The molecular formula is C16H15F2N5O2. The van der Waals surface area contributed by atoms with E-state index in [0.29, 0.717) is 22.7 Å². The molecule has 0 unspecified atom stereocenters. The van der Waals surface area contributed by atoms with Gasteiger partial charge in [0.2, 0.25) is 0 Å². The van der Waals surface area contributed by atoms with Crippen molar-refractivity contribution in [2.75, 3.05) is 13.3 Å². The average Bonchev–Trinajstić information content (AvgIpc) is 3.10. The van der Waals surface area contributed by atoms with Crippen LogP contribution >= 0.6 is 0 Å². The molecule has 0 amide bonds. The minimum atomic E-state index is -0.582. The predicted octanol–water partition coefficient (Wildman–Crippen LogP) is 2.43. The van der Waals surface area contributed by atoms with Crippen molar-refractivity contribution in [2.45, 2.75) is 13.5 Å². The van der Waals surface area contributed by atoms with Gasteiger partial charge in [0.15, 0.2) is 5.75 Å². The highest BCUT2D eigenvalue weighted by atomic mass is 19.1. The Kier molecular flexibility index (Phi) is 5.12. The molecule has 130 valence electrons. The predicted molar refractivity (Wildman–Crippen MR) is 83.9 cm³/mol. The van der Waals surface area contributed by atoms with Crippen LogP contribution in [0.4, 0.5) is 8.78 Å². The second-order valence-electron chi connectivity index (χ2n) is 5.12. The van der Waals surface area contributed by atoms with Crippen LogP contribution in [0.15, 0.2) is 36.8 Å². The zero-order valence-electron chi connectivity index (χ0n) is 13.4. The van der Waals surface area contributed by atoms with Crippen molar-refractivity contribution < 1.29 is 18.3 Å². The number of hydrogen-bond donors (Lipinski definition) is 0. The van der Waals surface area contributed by atoms with Crippen LogP contribution in [-0.2, 0) is 6.61 Å². The molecule has 0 aliphatic carbocycles. The first-order valence-corrected chi connectivity index (χ1v) is 7.47. The van der Waals surface area contributed by atoms with Crippen LogP contribution in [0.5, 0.6) is 11.8 Å². The monoisotopic (exact) mass is 347 g/mol. The number of halogens is 2. The smallest absolute Gasteiger partial charge is 0.316 e. The van der Waals surface area contributed by atoms with Gasteiger partial charge in [-0.25, -0.2) is 13.5 Å². The lowest BCUT2D eigenvalue weighted by atomic mass is 10.2. The van der Waals surface area contributed by atoms with E-state index < -0.39 is 6.67 Å². The SMILES string of the molecule is Cc1cc(-n2cc(COc3ncc(OCCF)cn3)nn2)ccc1F. The van der Waals surface area contributed by atoms with Gasteiger partial charge >= 0.3 is 6.01 Å². The Bertz CT molecular complexity index is 839. The fourth-order valence-electron chi connectivity index (χ4n) is 2.01. The Balaban J connectivity index is 1.60. The van der Waals surface area contributed by atoms with Crippen LogP contribution in [0, 0.1) is 12.7 Å². The third-order valence-corrected chi connectivity index (χ3v) is 3.25. The molecule has 0 radical (unpaired) electrons. The summed E-state index contributed by atoms with van der Waals surface area (Å²) in [6, 6.07) is 4.80. The number of aromatic nitrogens is 5.